The first-order valence-corrected chi connectivity index (χ1v) is 23.3. The van der Waals surface area contributed by atoms with Crippen LogP contribution in [0.15, 0.2) is 203 Å². The summed E-state index contributed by atoms with van der Waals surface area (Å²) < 4.78 is 11.7. The van der Waals surface area contributed by atoms with E-state index in [1.807, 2.05) is 0 Å². The third kappa shape index (κ3) is 5.92. The number of nitrogens with zero attached hydrogens (tertiary/aromatic N) is 2. The molecule has 8 aromatic carbocycles. The molecule has 0 unspecified atom stereocenters. The summed E-state index contributed by atoms with van der Waals surface area (Å²) in [5.41, 5.74) is 16.2. The van der Waals surface area contributed by atoms with Crippen LogP contribution in [-0.2, 0) is 0 Å². The highest BCUT2D eigenvalue weighted by Crippen LogP contribution is 2.42. The van der Waals surface area contributed by atoms with Crippen molar-refractivity contribution in [1.29, 1.82) is 0 Å². The lowest BCUT2D eigenvalue weighted by Crippen LogP contribution is -2.28. The van der Waals surface area contributed by atoms with Crippen LogP contribution in [0.2, 0.25) is 0 Å². The first-order valence-electron chi connectivity index (χ1n) is 21.5. The molecule has 1 aliphatic rings. The number of furan rings is 1. The molecule has 0 amide bonds. The fourth-order valence-electron chi connectivity index (χ4n) is 9.84. The molecular formula is C58H38N2OS2. The molecule has 0 saturated carbocycles. The molecule has 0 N–H and O–H groups in total. The Hall–Kier alpha value is -7.44. The minimum absolute atomic E-state index is 0.918. The van der Waals surface area contributed by atoms with Gasteiger partial charge in [0.05, 0.1) is 16.7 Å². The normalized spacial score (nSPS) is 12.7. The zero-order chi connectivity index (χ0) is 41.4. The lowest BCUT2D eigenvalue weighted by Gasteiger charge is -2.26. The fraction of sp³-hybridized carbons (Fsp3) is 0.0345. The summed E-state index contributed by atoms with van der Waals surface area (Å²) >= 11 is 3.61. The zero-order valence-electron chi connectivity index (χ0n) is 34.2. The molecule has 0 radical (unpaired) electrons. The predicted octanol–water partition coefficient (Wildman–Crippen LogP) is 15.7. The van der Waals surface area contributed by atoms with Gasteiger partial charge in [0.15, 0.2) is 5.42 Å². The number of para-hydroxylation sites is 2. The lowest BCUT2D eigenvalue weighted by molar-refractivity contribution is 0.564. The minimum Gasteiger partial charge on any atom is -0.454 e. The van der Waals surface area contributed by atoms with Crippen LogP contribution in [0, 0.1) is 0 Å². The van der Waals surface area contributed by atoms with Crippen LogP contribution in [-0.4, -0.2) is 4.57 Å². The highest BCUT2D eigenvalue weighted by molar-refractivity contribution is 7.18. The topological polar surface area (TPSA) is 21.3 Å². The van der Waals surface area contributed by atoms with E-state index in [0.29, 0.717) is 0 Å². The van der Waals surface area contributed by atoms with E-state index in [9.17, 15) is 0 Å². The standard InChI is InChI=1S/C58H38N2OS2/c1-5-15-52-44(10-1)49-34-40(26-33-53(49)60(52)54-16-9-14-48-45-11-2-6-17-55(45)61-58(48)54)37-20-27-41(28-21-37)59(42-29-22-38(23-30-42)50-35-62-56-18-7-3-12-46(50)56)43-31-24-39(25-32-43)51-36-63-57-19-8-4-13-47(51)57/h1-8,10-15,17-36H,9,16H2. The summed E-state index contributed by atoms with van der Waals surface area (Å²) in [7, 11) is 0. The number of anilines is 3. The van der Waals surface area contributed by atoms with Crippen molar-refractivity contribution in [2.75, 3.05) is 4.90 Å². The Bertz CT molecular complexity index is 3730. The Morgan fingerprint density at radius 2 is 0.952 bits per heavy atom. The van der Waals surface area contributed by atoms with E-state index in [4.69, 9.17) is 4.42 Å². The number of benzene rings is 8. The smallest absolute Gasteiger partial charge is 0.154 e. The second-order valence-corrected chi connectivity index (χ2v) is 18.2. The van der Waals surface area contributed by atoms with Crippen LogP contribution in [0.25, 0.3) is 98.1 Å². The molecule has 4 aromatic heterocycles. The van der Waals surface area contributed by atoms with E-state index in [-0.39, 0.29) is 0 Å². The first kappa shape index (κ1) is 36.2. The third-order valence-corrected chi connectivity index (χ3v) is 14.8. The molecule has 12 aromatic rings. The van der Waals surface area contributed by atoms with Crippen LogP contribution in [0.4, 0.5) is 17.1 Å². The zero-order valence-corrected chi connectivity index (χ0v) is 35.8. The van der Waals surface area contributed by atoms with Gasteiger partial charge in [0, 0.05) is 69.7 Å². The molecule has 4 heterocycles. The number of aromatic nitrogens is 1. The van der Waals surface area contributed by atoms with E-state index >= 15 is 0 Å². The van der Waals surface area contributed by atoms with Crippen molar-refractivity contribution in [3.05, 3.63) is 209 Å². The minimum atomic E-state index is 0.918. The van der Waals surface area contributed by atoms with Gasteiger partial charge in [-0.1, -0.05) is 121 Å². The molecule has 0 fully saturated rings. The van der Waals surface area contributed by atoms with Crippen LogP contribution in [0.5, 0.6) is 0 Å². The van der Waals surface area contributed by atoms with Gasteiger partial charge in [-0.05, 0) is 119 Å². The highest BCUT2D eigenvalue weighted by Gasteiger charge is 2.20. The first-order chi connectivity index (χ1) is 31.2. The molecule has 0 aliphatic heterocycles. The van der Waals surface area contributed by atoms with Crippen molar-refractivity contribution in [1.82, 2.24) is 4.57 Å². The third-order valence-electron chi connectivity index (χ3n) is 12.9. The molecular weight excluding hydrogens is 805 g/mol. The van der Waals surface area contributed by atoms with Gasteiger partial charge in [-0.15, -0.1) is 22.7 Å². The number of fused-ring (bicyclic) bond motifs is 8. The van der Waals surface area contributed by atoms with E-state index in [2.05, 4.69) is 214 Å². The molecule has 0 spiro atoms. The predicted molar refractivity (Wildman–Crippen MR) is 269 cm³/mol. The largest absolute Gasteiger partial charge is 0.454 e. The summed E-state index contributed by atoms with van der Waals surface area (Å²) in [5.74, 6) is 0. The maximum atomic E-state index is 6.60. The van der Waals surface area contributed by atoms with Gasteiger partial charge in [0.25, 0.3) is 0 Å². The van der Waals surface area contributed by atoms with Gasteiger partial charge in [0.1, 0.15) is 5.58 Å². The summed E-state index contributed by atoms with van der Waals surface area (Å²) in [5, 5.41) is 12.0. The molecule has 3 nitrogen and oxygen atoms in total. The summed E-state index contributed by atoms with van der Waals surface area (Å²) in [6.07, 6.45) is 4.24. The summed E-state index contributed by atoms with van der Waals surface area (Å²) in [6, 6.07) is 68.7. The molecule has 0 bridgehead atoms. The van der Waals surface area contributed by atoms with Crippen LogP contribution < -0.4 is 15.5 Å². The monoisotopic (exact) mass is 842 g/mol. The van der Waals surface area contributed by atoms with Crippen LogP contribution in [0.1, 0.15) is 12.8 Å². The average Bonchev–Trinajstić information content (AvgIpc) is 4.14. The Morgan fingerprint density at radius 3 is 1.59 bits per heavy atom. The highest BCUT2D eigenvalue weighted by atomic mass is 32.1. The van der Waals surface area contributed by atoms with Crippen molar-refractivity contribution < 1.29 is 4.42 Å². The quantitative estimate of drug-likeness (QED) is 0.159. The second-order valence-electron chi connectivity index (χ2n) is 16.4. The van der Waals surface area contributed by atoms with Gasteiger partial charge >= 0.3 is 0 Å². The van der Waals surface area contributed by atoms with Crippen molar-refractivity contribution >= 4 is 104 Å². The van der Waals surface area contributed by atoms with E-state index in [1.54, 1.807) is 22.7 Å². The molecule has 0 atom stereocenters. The lowest BCUT2D eigenvalue weighted by atomic mass is 10.0. The number of hydrogen-bond acceptors (Lipinski definition) is 4. The molecule has 5 heteroatoms. The second kappa shape index (κ2) is 14.6. The Balaban J connectivity index is 0.896. The van der Waals surface area contributed by atoms with Gasteiger partial charge in [-0.2, -0.15) is 0 Å². The molecule has 1 aliphatic carbocycles. The van der Waals surface area contributed by atoms with Gasteiger partial charge < -0.3 is 13.9 Å². The number of thiophene rings is 2. The van der Waals surface area contributed by atoms with Crippen LogP contribution >= 0.6 is 22.7 Å². The van der Waals surface area contributed by atoms with E-state index in [1.165, 1.54) is 91.7 Å². The van der Waals surface area contributed by atoms with Crippen molar-refractivity contribution in [2.24, 2.45) is 0 Å². The van der Waals surface area contributed by atoms with E-state index in [0.717, 1.165) is 40.9 Å². The maximum absolute atomic E-state index is 6.60. The number of rotatable bonds is 7. The Morgan fingerprint density at radius 1 is 0.444 bits per heavy atom. The molecule has 13 rings (SSSR count). The number of hydrogen-bond donors (Lipinski definition) is 0. The van der Waals surface area contributed by atoms with Crippen LogP contribution in [0.3, 0.4) is 0 Å². The van der Waals surface area contributed by atoms with E-state index < -0.39 is 0 Å². The van der Waals surface area contributed by atoms with Crippen molar-refractivity contribution in [3.63, 3.8) is 0 Å². The Kier molecular flexibility index (Phi) is 8.39. The summed E-state index contributed by atoms with van der Waals surface area (Å²) in [6.45, 7) is 0. The van der Waals surface area contributed by atoms with Crippen molar-refractivity contribution in [3.8, 4) is 33.4 Å². The average molecular weight is 843 g/mol. The SMILES string of the molecule is C1=c2c(oc3ccccc23)=C(n2c3ccccc3c3cc(-c4ccc(N(c5ccc(-c6csc7ccccc67)cc5)c5ccc(-c6csc7ccccc67)cc5)cc4)ccc32)CC1. The molecule has 298 valence electrons. The molecule has 0 saturated heterocycles. The molecule has 63 heavy (non-hydrogen) atoms. The van der Waals surface area contributed by atoms with Crippen molar-refractivity contribution in [2.45, 2.75) is 12.8 Å². The fourth-order valence-corrected chi connectivity index (χ4v) is 11.8. The van der Waals surface area contributed by atoms with Gasteiger partial charge in [0.2, 0.25) is 0 Å². The van der Waals surface area contributed by atoms with Gasteiger partial charge in [-0.3, -0.25) is 0 Å². The Labute approximate surface area is 372 Å². The summed E-state index contributed by atoms with van der Waals surface area (Å²) in [4.78, 5) is 2.37. The van der Waals surface area contributed by atoms with Gasteiger partial charge in [-0.25, -0.2) is 0 Å². The maximum Gasteiger partial charge on any atom is 0.154 e.